The number of nitrogens with zero attached hydrogens (tertiary/aromatic N) is 3. The molecule has 1 aliphatic heterocycles. The summed E-state index contributed by atoms with van der Waals surface area (Å²) < 4.78 is 12.6. The summed E-state index contributed by atoms with van der Waals surface area (Å²) >= 11 is 0. The average Bonchev–Trinajstić information content (AvgIpc) is 3.28. The van der Waals surface area contributed by atoms with E-state index in [0.29, 0.717) is 23.1 Å². The first-order valence-electron chi connectivity index (χ1n) is 10.2. The third-order valence-electron chi connectivity index (χ3n) is 5.64. The standard InChI is InChI=1S/C24H27N3O3/c1-17-6-5-11-26(15-17)24(28)21-14-25-16-27(21)20-8-4-7-18(12-20)19-9-10-22(29-2)23(13-19)30-3/h4,7-10,12-14,16-17H,5-6,11,15H2,1-3H3/t17-/m1/s1. The first kappa shape index (κ1) is 20.0. The molecule has 4 rings (SSSR count). The number of amides is 1. The first-order valence-corrected chi connectivity index (χ1v) is 10.2. The zero-order valence-corrected chi connectivity index (χ0v) is 17.7. The van der Waals surface area contributed by atoms with Gasteiger partial charge in [0.05, 0.1) is 26.7 Å². The Labute approximate surface area is 177 Å². The minimum atomic E-state index is 0.0376. The van der Waals surface area contributed by atoms with Crippen LogP contribution in [0, 0.1) is 5.92 Å². The van der Waals surface area contributed by atoms with Crippen molar-refractivity contribution in [3.05, 3.63) is 60.7 Å². The molecule has 1 aromatic heterocycles. The van der Waals surface area contributed by atoms with Crippen LogP contribution in [-0.4, -0.2) is 47.7 Å². The molecule has 1 amide bonds. The predicted octanol–water partition coefficient (Wildman–Crippen LogP) is 4.43. The fourth-order valence-electron chi connectivity index (χ4n) is 4.05. The number of hydrogen-bond acceptors (Lipinski definition) is 4. The van der Waals surface area contributed by atoms with Gasteiger partial charge in [-0.05, 0) is 54.2 Å². The van der Waals surface area contributed by atoms with Gasteiger partial charge in [0.15, 0.2) is 11.5 Å². The third kappa shape index (κ3) is 3.90. The van der Waals surface area contributed by atoms with Gasteiger partial charge >= 0.3 is 0 Å². The Balaban J connectivity index is 1.66. The van der Waals surface area contributed by atoms with Gasteiger partial charge in [0.25, 0.3) is 5.91 Å². The number of carbonyl (C=O) groups excluding carboxylic acids is 1. The Hall–Kier alpha value is -3.28. The molecule has 1 aliphatic rings. The Morgan fingerprint density at radius 1 is 1.07 bits per heavy atom. The van der Waals surface area contributed by atoms with Gasteiger partial charge in [0, 0.05) is 18.8 Å². The number of imidazole rings is 1. The van der Waals surface area contributed by atoms with Crippen LogP contribution in [-0.2, 0) is 0 Å². The molecule has 0 radical (unpaired) electrons. The molecule has 0 aliphatic carbocycles. The van der Waals surface area contributed by atoms with E-state index in [1.165, 1.54) is 6.42 Å². The van der Waals surface area contributed by atoms with Crippen LogP contribution < -0.4 is 9.47 Å². The van der Waals surface area contributed by atoms with Crippen LogP contribution in [0.25, 0.3) is 16.8 Å². The Bertz CT molecular complexity index is 1040. The van der Waals surface area contributed by atoms with Crippen LogP contribution in [0.3, 0.4) is 0 Å². The molecule has 156 valence electrons. The second kappa shape index (κ2) is 8.61. The lowest BCUT2D eigenvalue weighted by atomic mass is 10.00. The normalized spacial score (nSPS) is 16.4. The number of ether oxygens (including phenoxy) is 2. The monoisotopic (exact) mass is 405 g/mol. The largest absolute Gasteiger partial charge is 0.493 e. The van der Waals surface area contributed by atoms with Crippen molar-refractivity contribution >= 4 is 5.91 Å². The molecule has 0 unspecified atom stereocenters. The molecule has 6 nitrogen and oxygen atoms in total. The fraction of sp³-hybridized carbons (Fsp3) is 0.333. The summed E-state index contributed by atoms with van der Waals surface area (Å²) in [5.41, 5.74) is 3.52. The number of hydrogen-bond donors (Lipinski definition) is 0. The molecule has 30 heavy (non-hydrogen) atoms. The third-order valence-corrected chi connectivity index (χ3v) is 5.64. The number of aromatic nitrogens is 2. The molecule has 0 N–H and O–H groups in total. The molecule has 2 aromatic carbocycles. The first-order chi connectivity index (χ1) is 14.6. The van der Waals surface area contributed by atoms with E-state index in [4.69, 9.17) is 9.47 Å². The van der Waals surface area contributed by atoms with E-state index in [9.17, 15) is 4.79 Å². The van der Waals surface area contributed by atoms with Gasteiger partial charge in [0.2, 0.25) is 0 Å². The van der Waals surface area contributed by atoms with Crippen molar-refractivity contribution in [3.63, 3.8) is 0 Å². The van der Waals surface area contributed by atoms with Crippen LogP contribution in [0.4, 0.5) is 0 Å². The highest BCUT2D eigenvalue weighted by molar-refractivity contribution is 5.93. The maximum atomic E-state index is 13.1. The summed E-state index contributed by atoms with van der Waals surface area (Å²) in [5, 5.41) is 0. The Kier molecular flexibility index (Phi) is 5.74. The van der Waals surface area contributed by atoms with Crippen LogP contribution >= 0.6 is 0 Å². The van der Waals surface area contributed by atoms with Crippen molar-refractivity contribution in [3.8, 4) is 28.3 Å². The van der Waals surface area contributed by atoms with E-state index in [1.54, 1.807) is 26.7 Å². The number of methoxy groups -OCH3 is 2. The topological polar surface area (TPSA) is 56.6 Å². The quantitative estimate of drug-likeness (QED) is 0.630. The number of benzene rings is 2. The van der Waals surface area contributed by atoms with E-state index in [1.807, 2.05) is 45.9 Å². The van der Waals surface area contributed by atoms with Crippen LogP contribution in [0.2, 0.25) is 0 Å². The van der Waals surface area contributed by atoms with E-state index in [-0.39, 0.29) is 5.91 Å². The smallest absolute Gasteiger partial charge is 0.272 e. The molecule has 0 saturated carbocycles. The minimum absolute atomic E-state index is 0.0376. The lowest BCUT2D eigenvalue weighted by Gasteiger charge is -2.31. The van der Waals surface area contributed by atoms with Gasteiger partial charge in [-0.15, -0.1) is 0 Å². The van der Waals surface area contributed by atoms with Crippen molar-refractivity contribution < 1.29 is 14.3 Å². The Morgan fingerprint density at radius 2 is 1.87 bits per heavy atom. The summed E-state index contributed by atoms with van der Waals surface area (Å²) in [6, 6.07) is 13.9. The van der Waals surface area contributed by atoms with Gasteiger partial charge < -0.3 is 14.4 Å². The molecule has 1 saturated heterocycles. The summed E-state index contributed by atoms with van der Waals surface area (Å²) in [5.74, 6) is 1.94. The zero-order valence-electron chi connectivity index (χ0n) is 17.7. The fourth-order valence-corrected chi connectivity index (χ4v) is 4.05. The van der Waals surface area contributed by atoms with Crippen molar-refractivity contribution in [2.24, 2.45) is 5.92 Å². The van der Waals surface area contributed by atoms with Gasteiger partial charge in [0.1, 0.15) is 5.69 Å². The number of likely N-dealkylation sites (tertiary alicyclic amines) is 1. The van der Waals surface area contributed by atoms with E-state index in [2.05, 4.69) is 18.0 Å². The van der Waals surface area contributed by atoms with Crippen molar-refractivity contribution in [2.45, 2.75) is 19.8 Å². The van der Waals surface area contributed by atoms with Gasteiger partial charge in [-0.1, -0.05) is 25.1 Å². The highest BCUT2D eigenvalue weighted by atomic mass is 16.5. The predicted molar refractivity (Wildman–Crippen MR) is 116 cm³/mol. The maximum absolute atomic E-state index is 13.1. The van der Waals surface area contributed by atoms with E-state index < -0.39 is 0 Å². The molecule has 2 heterocycles. The number of carbonyl (C=O) groups is 1. The molecular formula is C24H27N3O3. The second-order valence-corrected chi connectivity index (χ2v) is 7.77. The summed E-state index contributed by atoms with van der Waals surface area (Å²) in [4.78, 5) is 19.4. The number of piperidine rings is 1. The lowest BCUT2D eigenvalue weighted by molar-refractivity contribution is 0.0675. The zero-order chi connectivity index (χ0) is 21.1. The van der Waals surface area contributed by atoms with E-state index in [0.717, 1.165) is 36.3 Å². The van der Waals surface area contributed by atoms with Crippen LogP contribution in [0.5, 0.6) is 11.5 Å². The van der Waals surface area contributed by atoms with Crippen molar-refractivity contribution in [1.29, 1.82) is 0 Å². The highest BCUT2D eigenvalue weighted by Crippen LogP contribution is 2.33. The van der Waals surface area contributed by atoms with Crippen molar-refractivity contribution in [1.82, 2.24) is 14.5 Å². The van der Waals surface area contributed by atoms with Crippen molar-refractivity contribution in [2.75, 3.05) is 27.3 Å². The maximum Gasteiger partial charge on any atom is 0.272 e. The highest BCUT2D eigenvalue weighted by Gasteiger charge is 2.24. The van der Waals surface area contributed by atoms with Crippen LogP contribution in [0.1, 0.15) is 30.3 Å². The molecule has 1 fully saturated rings. The summed E-state index contributed by atoms with van der Waals surface area (Å²) in [6.45, 7) is 3.80. The Morgan fingerprint density at radius 3 is 2.63 bits per heavy atom. The lowest BCUT2D eigenvalue weighted by Crippen LogP contribution is -2.39. The van der Waals surface area contributed by atoms with E-state index >= 15 is 0 Å². The molecule has 1 atom stereocenters. The molecular weight excluding hydrogens is 378 g/mol. The molecule has 0 bridgehead atoms. The molecule has 3 aromatic rings. The molecule has 6 heteroatoms. The summed E-state index contributed by atoms with van der Waals surface area (Å²) in [6.07, 6.45) is 5.59. The molecule has 0 spiro atoms. The van der Waals surface area contributed by atoms with Gasteiger partial charge in [-0.3, -0.25) is 9.36 Å². The summed E-state index contributed by atoms with van der Waals surface area (Å²) in [7, 11) is 3.25. The van der Waals surface area contributed by atoms with Crippen LogP contribution in [0.15, 0.2) is 55.0 Å². The van der Waals surface area contributed by atoms with Gasteiger partial charge in [-0.25, -0.2) is 4.98 Å². The average molecular weight is 405 g/mol. The minimum Gasteiger partial charge on any atom is -0.493 e. The van der Waals surface area contributed by atoms with Gasteiger partial charge in [-0.2, -0.15) is 0 Å². The second-order valence-electron chi connectivity index (χ2n) is 7.77. The SMILES string of the molecule is COc1ccc(-c2cccc(-n3cncc3C(=O)N3CCC[C@@H](C)C3)c2)cc1OC. The number of rotatable bonds is 5.